The Labute approximate surface area is 540 Å². The SMILES string of the molecule is CCCCCCC/C=C\C/C=C\CCCCCCCCCCCCCCCCCCCCCC(=O)NC(COC1OC(CO)C(O)C(O)C1O)C(O)/C=C/CCCCCCCCCCCCCCCCCCCCCCCCCCCCCCCCC. The first-order valence-electron chi connectivity index (χ1n) is 38.7. The number of hydrogen-bond acceptors (Lipinski definition) is 8. The van der Waals surface area contributed by atoms with Gasteiger partial charge in [0.1, 0.15) is 24.4 Å². The fraction of sp³-hybridized carbons (Fsp3) is 0.910. The maximum absolute atomic E-state index is 13.2. The highest BCUT2D eigenvalue weighted by molar-refractivity contribution is 5.76. The minimum atomic E-state index is -1.57. The molecule has 7 unspecified atom stereocenters. The third-order valence-corrected chi connectivity index (χ3v) is 18.7. The Morgan fingerprint density at radius 3 is 0.989 bits per heavy atom. The van der Waals surface area contributed by atoms with Crippen molar-refractivity contribution < 1.29 is 39.8 Å². The lowest BCUT2D eigenvalue weighted by molar-refractivity contribution is -0.302. The summed E-state index contributed by atoms with van der Waals surface area (Å²) in [5, 5.41) is 54.9. The van der Waals surface area contributed by atoms with Gasteiger partial charge in [0, 0.05) is 6.42 Å². The zero-order valence-corrected chi connectivity index (χ0v) is 57.8. The van der Waals surface area contributed by atoms with E-state index in [0.717, 1.165) is 44.9 Å². The first-order valence-corrected chi connectivity index (χ1v) is 38.7. The number of aliphatic hydroxyl groups excluding tert-OH is 5. The Morgan fingerprint density at radius 1 is 0.391 bits per heavy atom. The summed E-state index contributed by atoms with van der Waals surface area (Å²) >= 11 is 0. The van der Waals surface area contributed by atoms with Crippen molar-refractivity contribution in [3.05, 3.63) is 36.5 Å². The van der Waals surface area contributed by atoms with E-state index in [1.165, 1.54) is 334 Å². The lowest BCUT2D eigenvalue weighted by Crippen LogP contribution is -2.60. The molecule has 9 heteroatoms. The molecule has 1 rings (SSSR count). The van der Waals surface area contributed by atoms with Gasteiger partial charge in [-0.2, -0.15) is 0 Å². The number of ether oxygens (including phenoxy) is 2. The normalized spacial score (nSPS) is 18.1. The number of allylic oxidation sites excluding steroid dienone is 5. The topological polar surface area (TPSA) is 149 Å². The van der Waals surface area contributed by atoms with Gasteiger partial charge in [-0.05, 0) is 51.4 Å². The summed E-state index contributed by atoms with van der Waals surface area (Å²) in [6, 6.07) is -0.806. The zero-order chi connectivity index (χ0) is 62.8. The second kappa shape index (κ2) is 67.3. The first kappa shape index (κ1) is 83.4. The van der Waals surface area contributed by atoms with Crippen LogP contribution in [0.3, 0.4) is 0 Å². The van der Waals surface area contributed by atoms with Crippen LogP contribution >= 0.6 is 0 Å². The second-order valence-corrected chi connectivity index (χ2v) is 27.2. The van der Waals surface area contributed by atoms with Gasteiger partial charge in [0.05, 0.1) is 25.4 Å². The molecule has 0 aromatic heterocycles. The molecule has 0 aromatic carbocycles. The highest BCUT2D eigenvalue weighted by atomic mass is 16.7. The van der Waals surface area contributed by atoms with Crippen LogP contribution in [0.15, 0.2) is 36.5 Å². The van der Waals surface area contributed by atoms with E-state index in [1.54, 1.807) is 6.08 Å². The number of amides is 1. The number of carbonyl (C=O) groups excluding carboxylic acids is 1. The number of unbranched alkanes of at least 4 members (excludes halogenated alkanes) is 55. The molecule has 1 amide bonds. The zero-order valence-electron chi connectivity index (χ0n) is 57.8. The van der Waals surface area contributed by atoms with E-state index >= 15 is 0 Å². The Hall–Kier alpha value is -1.59. The van der Waals surface area contributed by atoms with E-state index in [2.05, 4.69) is 43.5 Å². The van der Waals surface area contributed by atoms with Crippen molar-refractivity contribution in [2.75, 3.05) is 13.2 Å². The summed E-state index contributed by atoms with van der Waals surface area (Å²) in [5.41, 5.74) is 0. The van der Waals surface area contributed by atoms with Crippen LogP contribution in [0, 0.1) is 0 Å². The molecule has 0 bridgehead atoms. The number of hydrogen-bond donors (Lipinski definition) is 6. The van der Waals surface area contributed by atoms with Crippen molar-refractivity contribution >= 4 is 5.91 Å². The van der Waals surface area contributed by atoms with Gasteiger partial charge >= 0.3 is 0 Å². The van der Waals surface area contributed by atoms with Crippen LogP contribution in [0.2, 0.25) is 0 Å². The number of nitrogens with one attached hydrogen (secondary N) is 1. The fourth-order valence-corrected chi connectivity index (χ4v) is 12.7. The molecule has 9 nitrogen and oxygen atoms in total. The van der Waals surface area contributed by atoms with Crippen LogP contribution in [0.4, 0.5) is 0 Å². The van der Waals surface area contributed by atoms with Gasteiger partial charge in [0.25, 0.3) is 0 Å². The van der Waals surface area contributed by atoms with E-state index in [9.17, 15) is 30.3 Å². The molecule has 0 spiro atoms. The van der Waals surface area contributed by atoms with Gasteiger partial charge in [-0.3, -0.25) is 4.79 Å². The molecular formula is C78H149NO8. The van der Waals surface area contributed by atoms with E-state index in [0.29, 0.717) is 6.42 Å². The molecule has 0 radical (unpaired) electrons. The number of rotatable bonds is 69. The molecule has 0 aromatic rings. The quantitative estimate of drug-likeness (QED) is 0.0261. The molecular weight excluding hydrogens is 1080 g/mol. The molecule has 0 aliphatic carbocycles. The van der Waals surface area contributed by atoms with E-state index in [4.69, 9.17) is 9.47 Å². The van der Waals surface area contributed by atoms with Gasteiger partial charge in [-0.15, -0.1) is 0 Å². The Morgan fingerprint density at radius 2 is 0.678 bits per heavy atom. The van der Waals surface area contributed by atoms with Crippen molar-refractivity contribution in [2.45, 2.75) is 442 Å². The molecule has 1 aliphatic rings. The highest BCUT2D eigenvalue weighted by Crippen LogP contribution is 2.24. The molecule has 7 atom stereocenters. The van der Waals surface area contributed by atoms with Gasteiger partial charge in [0.2, 0.25) is 5.91 Å². The molecule has 1 aliphatic heterocycles. The minimum absolute atomic E-state index is 0.169. The summed E-state index contributed by atoms with van der Waals surface area (Å²) in [5.74, 6) is -0.169. The molecule has 1 heterocycles. The van der Waals surface area contributed by atoms with Gasteiger partial charge in [-0.25, -0.2) is 0 Å². The molecule has 514 valence electrons. The standard InChI is InChI=1S/C78H149NO8/c1-3-5-7-9-11-13-15-17-19-21-23-25-27-29-31-33-35-36-38-39-41-43-45-47-49-51-53-55-57-59-61-63-65-67-72(81)71(70-86-78-77(85)76(84)75(83)73(69-80)87-78)79-74(82)68-66-64-62-60-58-56-54-52-50-48-46-44-42-40-37-34-32-30-28-26-24-22-20-18-16-14-12-10-8-6-4-2/h16,18,22,24,65,67,71-73,75-78,80-81,83-85H,3-15,17,19-21,23,25-64,66,68-70H2,1-2H3,(H,79,82)/b18-16-,24-22-,67-65+. The van der Waals surface area contributed by atoms with Gasteiger partial charge in [-0.1, -0.05) is 378 Å². The molecule has 0 saturated carbocycles. The molecule has 6 N–H and O–H groups in total. The highest BCUT2D eigenvalue weighted by Gasteiger charge is 2.44. The summed E-state index contributed by atoms with van der Waals surface area (Å²) in [6.07, 6.45) is 84.2. The van der Waals surface area contributed by atoms with E-state index in [-0.39, 0.29) is 12.5 Å². The van der Waals surface area contributed by atoms with E-state index in [1.807, 2.05) is 6.08 Å². The summed E-state index contributed by atoms with van der Waals surface area (Å²) in [4.78, 5) is 13.2. The maximum atomic E-state index is 13.2. The lowest BCUT2D eigenvalue weighted by atomic mass is 9.99. The molecule has 87 heavy (non-hydrogen) atoms. The molecule has 1 fully saturated rings. The largest absolute Gasteiger partial charge is 0.394 e. The van der Waals surface area contributed by atoms with E-state index < -0.39 is 49.5 Å². The smallest absolute Gasteiger partial charge is 0.220 e. The number of carbonyl (C=O) groups is 1. The first-order chi connectivity index (χ1) is 42.8. The predicted octanol–water partition coefficient (Wildman–Crippen LogP) is 21.8. The van der Waals surface area contributed by atoms with Crippen LogP contribution < -0.4 is 5.32 Å². The Kier molecular flexibility index (Phi) is 64.5. The maximum Gasteiger partial charge on any atom is 0.220 e. The lowest BCUT2D eigenvalue weighted by Gasteiger charge is -2.40. The second-order valence-electron chi connectivity index (χ2n) is 27.2. The van der Waals surface area contributed by atoms with Crippen molar-refractivity contribution in [2.24, 2.45) is 0 Å². The van der Waals surface area contributed by atoms with Crippen LogP contribution in [0.25, 0.3) is 0 Å². The molecule has 1 saturated heterocycles. The average Bonchev–Trinajstić information content (AvgIpc) is 3.47. The minimum Gasteiger partial charge on any atom is -0.394 e. The van der Waals surface area contributed by atoms with Gasteiger partial charge < -0.3 is 40.3 Å². The summed E-state index contributed by atoms with van der Waals surface area (Å²) in [7, 11) is 0. The van der Waals surface area contributed by atoms with Crippen LogP contribution in [0.5, 0.6) is 0 Å². The summed E-state index contributed by atoms with van der Waals surface area (Å²) < 4.78 is 11.3. The van der Waals surface area contributed by atoms with Crippen molar-refractivity contribution in [3.8, 4) is 0 Å². The number of aliphatic hydroxyl groups is 5. The summed E-state index contributed by atoms with van der Waals surface area (Å²) in [6.45, 7) is 3.83. The third kappa shape index (κ3) is 55.7. The van der Waals surface area contributed by atoms with Crippen molar-refractivity contribution in [1.29, 1.82) is 0 Å². The predicted molar refractivity (Wildman–Crippen MR) is 373 cm³/mol. The van der Waals surface area contributed by atoms with Gasteiger partial charge in [0.15, 0.2) is 6.29 Å². The van der Waals surface area contributed by atoms with Crippen molar-refractivity contribution in [3.63, 3.8) is 0 Å². The van der Waals surface area contributed by atoms with Crippen LogP contribution in [-0.4, -0.2) is 87.5 Å². The average molecular weight is 1230 g/mol. The monoisotopic (exact) mass is 1230 g/mol. The Bertz CT molecular complexity index is 1470. The van der Waals surface area contributed by atoms with Crippen molar-refractivity contribution in [1.82, 2.24) is 5.32 Å². The third-order valence-electron chi connectivity index (χ3n) is 18.7. The van der Waals surface area contributed by atoms with Crippen LogP contribution in [-0.2, 0) is 14.3 Å². The Balaban J connectivity index is 2.08. The van der Waals surface area contributed by atoms with Crippen LogP contribution in [0.1, 0.15) is 399 Å². The fourth-order valence-electron chi connectivity index (χ4n) is 12.7.